The molecule has 0 radical (unpaired) electrons. The van der Waals surface area contributed by atoms with Gasteiger partial charge in [0.15, 0.2) is 11.5 Å². The normalized spacial score (nSPS) is 10.4. The highest BCUT2D eigenvalue weighted by atomic mass is 19.3. The third kappa shape index (κ3) is 6.19. The Morgan fingerprint density at radius 2 is 1.43 bits per heavy atom. The molecule has 3 aromatic rings. The first-order valence-corrected chi connectivity index (χ1v) is 9.90. The number of carbonyl (C=O) groups is 2. The van der Waals surface area contributed by atoms with E-state index in [0.29, 0.717) is 23.1 Å². The van der Waals surface area contributed by atoms with Crippen LogP contribution in [-0.2, 0) is 0 Å². The monoisotopic (exact) mass is 487 g/mol. The maximum Gasteiger partial charge on any atom is 0.387 e. The molecule has 12 heteroatoms. The van der Waals surface area contributed by atoms with E-state index in [-0.39, 0.29) is 11.4 Å². The highest BCUT2D eigenvalue weighted by molar-refractivity contribution is 6.08. The number of nitrogens with zero attached hydrogens (tertiary/aromatic N) is 1. The van der Waals surface area contributed by atoms with Gasteiger partial charge >= 0.3 is 6.61 Å². The van der Waals surface area contributed by atoms with Gasteiger partial charge in [0.1, 0.15) is 11.3 Å². The van der Waals surface area contributed by atoms with Gasteiger partial charge in [-0.1, -0.05) is 0 Å². The highest BCUT2D eigenvalue weighted by Crippen LogP contribution is 2.36. The Morgan fingerprint density at radius 3 is 1.94 bits per heavy atom. The second-order valence-electron chi connectivity index (χ2n) is 6.87. The number of amides is 2. The zero-order valence-electron chi connectivity index (χ0n) is 18.4. The van der Waals surface area contributed by atoms with E-state index in [1.54, 1.807) is 24.3 Å². The molecular weight excluding hydrogens is 468 g/mol. The minimum absolute atomic E-state index is 0.233. The Bertz CT molecular complexity index is 1230. The van der Waals surface area contributed by atoms with Gasteiger partial charge in [0.05, 0.1) is 25.2 Å². The average Bonchev–Trinajstić information content (AvgIpc) is 2.84. The molecule has 0 aliphatic carbocycles. The number of methoxy groups -OCH3 is 2. The fourth-order valence-corrected chi connectivity index (χ4v) is 3.01. The summed E-state index contributed by atoms with van der Waals surface area (Å²) in [6.45, 7) is -3.25. The van der Waals surface area contributed by atoms with Gasteiger partial charge in [0.2, 0.25) is 0 Å². The summed E-state index contributed by atoms with van der Waals surface area (Å²) in [5.74, 6) is -1.53. The smallest absolute Gasteiger partial charge is 0.387 e. The van der Waals surface area contributed by atoms with Crippen molar-refractivity contribution >= 4 is 28.9 Å². The number of nitro groups is 1. The standard InChI is InChI=1S/C23H19F2N3O7/c1-33-16-9-7-15(8-10-16)26-21(29)13-3-5-14(6-4-13)27-22(30)17-11-19(34-2)20(35-23(24)25)12-18(17)28(31)32/h3-12,23H,1-2H3,(H,26,29)(H,27,30). The van der Waals surface area contributed by atoms with Crippen LogP contribution < -0.4 is 24.8 Å². The highest BCUT2D eigenvalue weighted by Gasteiger charge is 2.26. The van der Waals surface area contributed by atoms with E-state index >= 15 is 0 Å². The number of alkyl halides is 2. The zero-order valence-corrected chi connectivity index (χ0v) is 18.4. The van der Waals surface area contributed by atoms with Gasteiger partial charge in [0, 0.05) is 23.0 Å². The molecule has 0 unspecified atom stereocenters. The van der Waals surface area contributed by atoms with Gasteiger partial charge in [-0.05, 0) is 48.5 Å². The van der Waals surface area contributed by atoms with Gasteiger partial charge in [-0.3, -0.25) is 19.7 Å². The summed E-state index contributed by atoms with van der Waals surface area (Å²) in [4.78, 5) is 35.7. The topological polar surface area (TPSA) is 129 Å². The molecule has 2 N–H and O–H groups in total. The van der Waals surface area contributed by atoms with E-state index in [2.05, 4.69) is 15.4 Å². The van der Waals surface area contributed by atoms with Crippen molar-refractivity contribution < 1.29 is 37.5 Å². The maximum absolute atomic E-state index is 12.7. The molecule has 0 aromatic heterocycles. The Morgan fingerprint density at radius 1 is 0.857 bits per heavy atom. The summed E-state index contributed by atoms with van der Waals surface area (Å²) >= 11 is 0. The molecule has 0 saturated carbocycles. The lowest BCUT2D eigenvalue weighted by Crippen LogP contribution is -2.15. The molecule has 0 fully saturated rings. The van der Waals surface area contributed by atoms with Gasteiger partial charge in [-0.15, -0.1) is 0 Å². The van der Waals surface area contributed by atoms with Crippen LogP contribution in [0.4, 0.5) is 25.8 Å². The number of halogens is 2. The van der Waals surface area contributed by atoms with Crippen LogP contribution in [0.2, 0.25) is 0 Å². The van der Waals surface area contributed by atoms with E-state index < -0.39 is 40.3 Å². The minimum Gasteiger partial charge on any atom is -0.497 e. The summed E-state index contributed by atoms with van der Waals surface area (Å²) in [6.07, 6.45) is 0. The molecule has 0 aliphatic rings. The molecule has 35 heavy (non-hydrogen) atoms. The number of hydrogen-bond donors (Lipinski definition) is 2. The number of ether oxygens (including phenoxy) is 3. The summed E-state index contributed by atoms with van der Waals surface area (Å²) in [5, 5.41) is 16.6. The van der Waals surface area contributed by atoms with Crippen molar-refractivity contribution in [3.05, 3.63) is 81.9 Å². The number of carbonyl (C=O) groups excluding carboxylic acids is 2. The first-order chi connectivity index (χ1) is 16.7. The van der Waals surface area contributed by atoms with Gasteiger partial charge in [-0.2, -0.15) is 8.78 Å². The largest absolute Gasteiger partial charge is 0.497 e. The maximum atomic E-state index is 12.7. The average molecular weight is 487 g/mol. The molecule has 0 bridgehead atoms. The lowest BCUT2D eigenvalue weighted by Gasteiger charge is -2.12. The van der Waals surface area contributed by atoms with Crippen molar-refractivity contribution in [2.75, 3.05) is 24.9 Å². The number of hydrogen-bond acceptors (Lipinski definition) is 7. The van der Waals surface area contributed by atoms with Crippen LogP contribution in [0.3, 0.4) is 0 Å². The fourth-order valence-electron chi connectivity index (χ4n) is 3.01. The zero-order chi connectivity index (χ0) is 25.5. The van der Waals surface area contributed by atoms with Gasteiger partial charge in [0.25, 0.3) is 17.5 Å². The molecule has 0 spiro atoms. The molecule has 0 saturated heterocycles. The number of nitro benzene ring substituents is 1. The molecule has 182 valence electrons. The number of benzene rings is 3. The van der Waals surface area contributed by atoms with Gasteiger partial charge < -0.3 is 24.8 Å². The predicted octanol–water partition coefficient (Wildman–Crippen LogP) is 4.72. The van der Waals surface area contributed by atoms with Crippen LogP contribution in [0.1, 0.15) is 20.7 Å². The predicted molar refractivity (Wildman–Crippen MR) is 122 cm³/mol. The van der Waals surface area contributed by atoms with Crippen LogP contribution >= 0.6 is 0 Å². The summed E-state index contributed by atoms with van der Waals surface area (Å²) in [6, 6.07) is 14.1. The third-order valence-electron chi connectivity index (χ3n) is 4.69. The fraction of sp³-hybridized carbons (Fsp3) is 0.130. The first-order valence-electron chi connectivity index (χ1n) is 9.90. The molecule has 0 heterocycles. The SMILES string of the molecule is COc1ccc(NC(=O)c2ccc(NC(=O)c3cc(OC)c(OC(F)F)cc3[N+](=O)[O-])cc2)cc1. The van der Waals surface area contributed by atoms with E-state index in [1.807, 2.05) is 0 Å². The van der Waals surface area contributed by atoms with Crippen molar-refractivity contribution in [2.45, 2.75) is 6.61 Å². The Balaban J connectivity index is 1.76. The third-order valence-corrected chi connectivity index (χ3v) is 4.69. The van der Waals surface area contributed by atoms with Crippen molar-refractivity contribution in [2.24, 2.45) is 0 Å². The molecule has 0 atom stereocenters. The van der Waals surface area contributed by atoms with Crippen molar-refractivity contribution in [1.82, 2.24) is 0 Å². The number of nitrogens with one attached hydrogen (secondary N) is 2. The van der Waals surface area contributed by atoms with E-state index in [0.717, 1.165) is 13.2 Å². The summed E-state index contributed by atoms with van der Waals surface area (Å²) < 4.78 is 39.4. The minimum atomic E-state index is -3.25. The van der Waals surface area contributed by atoms with Gasteiger partial charge in [-0.25, -0.2) is 0 Å². The number of rotatable bonds is 9. The van der Waals surface area contributed by atoms with Crippen molar-refractivity contribution in [1.29, 1.82) is 0 Å². The number of anilines is 2. The summed E-state index contributed by atoms with van der Waals surface area (Å²) in [7, 11) is 2.66. The molecule has 3 rings (SSSR count). The van der Waals surface area contributed by atoms with Crippen molar-refractivity contribution in [3.63, 3.8) is 0 Å². The second kappa shape index (κ2) is 10.9. The molecule has 10 nitrogen and oxygen atoms in total. The molecule has 3 aromatic carbocycles. The lowest BCUT2D eigenvalue weighted by atomic mass is 10.1. The van der Waals surface area contributed by atoms with Crippen molar-refractivity contribution in [3.8, 4) is 17.2 Å². The Hall–Kier alpha value is -4.74. The van der Waals surface area contributed by atoms with E-state index in [1.165, 1.54) is 31.4 Å². The first kappa shape index (κ1) is 24.9. The van der Waals surface area contributed by atoms with Crippen LogP contribution in [0.5, 0.6) is 17.2 Å². The van der Waals surface area contributed by atoms with Crippen LogP contribution in [0, 0.1) is 10.1 Å². The molecular formula is C23H19F2N3O7. The Kier molecular flexibility index (Phi) is 7.77. The summed E-state index contributed by atoms with van der Waals surface area (Å²) in [5.41, 5.74) is -0.116. The lowest BCUT2D eigenvalue weighted by molar-refractivity contribution is -0.385. The van der Waals surface area contributed by atoms with E-state index in [9.17, 15) is 28.5 Å². The Labute approximate surface area is 197 Å². The second-order valence-corrected chi connectivity index (χ2v) is 6.87. The quantitative estimate of drug-likeness (QED) is 0.330. The molecule has 2 amide bonds. The van der Waals surface area contributed by atoms with Crippen LogP contribution in [0.25, 0.3) is 0 Å². The van der Waals surface area contributed by atoms with Crippen LogP contribution in [-0.4, -0.2) is 37.6 Å². The van der Waals surface area contributed by atoms with Crippen LogP contribution in [0.15, 0.2) is 60.7 Å². The molecule has 0 aliphatic heterocycles. The van der Waals surface area contributed by atoms with E-state index in [4.69, 9.17) is 9.47 Å².